The third-order valence-corrected chi connectivity index (χ3v) is 5.13. The molecule has 5 nitrogen and oxygen atoms in total. The van der Waals surface area contributed by atoms with Gasteiger partial charge in [-0.15, -0.1) is 0 Å². The molecular weight excluding hydrogens is 364 g/mol. The van der Waals surface area contributed by atoms with Crippen molar-refractivity contribution in [3.05, 3.63) is 82.2 Å². The van der Waals surface area contributed by atoms with E-state index in [1.807, 2.05) is 52.5 Å². The molecule has 1 aliphatic rings. The molecule has 0 unspecified atom stereocenters. The minimum atomic E-state index is 0.789. The molecule has 0 aliphatic carbocycles. The predicted octanol–water partition coefficient (Wildman–Crippen LogP) is 3.40. The lowest BCUT2D eigenvalue weighted by Crippen LogP contribution is -2.28. The Kier molecular flexibility index (Phi) is 4.91. The summed E-state index contributed by atoms with van der Waals surface area (Å²) in [6.07, 6.45) is 1.35. The van der Waals surface area contributed by atoms with E-state index in [1.165, 1.54) is 6.26 Å². The second-order valence-corrected chi connectivity index (χ2v) is 7.44. The Morgan fingerprint density at radius 2 is 1.34 bits per heavy atom. The topological polar surface area (TPSA) is 45.2 Å². The van der Waals surface area contributed by atoms with Crippen LogP contribution in [0.25, 0.3) is 11.8 Å². The van der Waals surface area contributed by atoms with E-state index in [4.69, 9.17) is 9.99 Å². The number of anilines is 2. The molecule has 1 heterocycles. The highest BCUT2D eigenvalue weighted by molar-refractivity contribution is 5.89. The highest BCUT2D eigenvalue weighted by Gasteiger charge is 2.24. The lowest BCUT2D eigenvalue weighted by atomic mass is 9.91. The number of fused-ring (bicyclic) bond motifs is 2. The van der Waals surface area contributed by atoms with Crippen LogP contribution >= 0.6 is 0 Å². The van der Waals surface area contributed by atoms with Gasteiger partial charge in [0.05, 0.1) is 0 Å². The van der Waals surface area contributed by atoms with E-state index in [9.17, 15) is 0 Å². The number of ether oxygens (including phenoxy) is 1. The average molecular weight is 388 g/mol. The summed E-state index contributed by atoms with van der Waals surface area (Å²) in [5.74, 6) is 1.60. The summed E-state index contributed by atoms with van der Waals surface area (Å²) in [6, 6.07) is 20.3. The molecule has 0 saturated heterocycles. The third kappa shape index (κ3) is 3.41. The molecule has 5 heteroatoms. The molecule has 3 aromatic rings. The summed E-state index contributed by atoms with van der Waals surface area (Å²) < 4.78 is 6.35. The summed E-state index contributed by atoms with van der Waals surface area (Å²) in [7, 11) is 8.04. The molecule has 3 aromatic carbocycles. The van der Waals surface area contributed by atoms with Crippen molar-refractivity contribution in [2.45, 2.75) is 0 Å². The van der Waals surface area contributed by atoms with Crippen LogP contribution in [0.5, 0.6) is 11.5 Å². The zero-order valence-corrected chi connectivity index (χ0v) is 17.0. The van der Waals surface area contributed by atoms with Gasteiger partial charge in [-0.1, -0.05) is 24.3 Å². The van der Waals surface area contributed by atoms with Gasteiger partial charge in [-0.05, 0) is 29.5 Å². The highest BCUT2D eigenvalue weighted by atomic mass is 17.1. The molecule has 29 heavy (non-hydrogen) atoms. The Morgan fingerprint density at radius 1 is 0.793 bits per heavy atom. The third-order valence-electron chi connectivity index (χ3n) is 5.13. The van der Waals surface area contributed by atoms with Gasteiger partial charge in [-0.2, -0.15) is 0 Å². The van der Waals surface area contributed by atoms with E-state index in [0.717, 1.165) is 50.0 Å². The Morgan fingerprint density at radius 3 is 1.86 bits per heavy atom. The van der Waals surface area contributed by atoms with Gasteiger partial charge in [-0.3, -0.25) is 0 Å². The Hall–Kier alpha value is -3.44. The fourth-order valence-corrected chi connectivity index (χ4v) is 3.60. The van der Waals surface area contributed by atoms with Crippen molar-refractivity contribution in [2.24, 2.45) is 0 Å². The standard InChI is InChI=1S/C24H24N2O3/c1-25(2)17-9-11-20-22(13-17)29-23-14-18(26(3)4)10-12-21(23)24(20)19-8-6-5-7-16(19)15-28-27/h5-15,27H,1-4H3/b16-15-. The van der Waals surface area contributed by atoms with E-state index in [1.54, 1.807) is 0 Å². The van der Waals surface area contributed by atoms with Crippen LogP contribution in [0, 0.1) is 0 Å². The lowest BCUT2D eigenvalue weighted by Gasteiger charge is -2.26. The second kappa shape index (κ2) is 7.53. The molecule has 0 bridgehead atoms. The summed E-state index contributed by atoms with van der Waals surface area (Å²) in [6.45, 7) is 0. The molecule has 0 aromatic heterocycles. The maximum Gasteiger partial charge on any atom is 0.137 e. The molecule has 0 radical (unpaired) electrons. The molecule has 0 spiro atoms. The van der Waals surface area contributed by atoms with Gasteiger partial charge in [0, 0.05) is 73.6 Å². The molecule has 1 N–H and O–H groups in total. The van der Waals surface area contributed by atoms with Crippen molar-refractivity contribution < 1.29 is 14.9 Å². The fourth-order valence-electron chi connectivity index (χ4n) is 3.60. The average Bonchev–Trinajstić information content (AvgIpc) is 2.72. The van der Waals surface area contributed by atoms with Crippen LogP contribution in [-0.4, -0.2) is 33.4 Å². The summed E-state index contributed by atoms with van der Waals surface area (Å²) in [4.78, 5) is 8.46. The van der Waals surface area contributed by atoms with Crippen LogP contribution < -0.4 is 25.0 Å². The first-order valence-corrected chi connectivity index (χ1v) is 9.40. The van der Waals surface area contributed by atoms with Crippen LogP contribution in [0.2, 0.25) is 0 Å². The number of rotatable bonds is 3. The van der Waals surface area contributed by atoms with Crippen molar-refractivity contribution in [2.75, 3.05) is 38.0 Å². The Bertz CT molecular complexity index is 1120. The van der Waals surface area contributed by atoms with Crippen LogP contribution in [0.4, 0.5) is 11.4 Å². The van der Waals surface area contributed by atoms with Crippen LogP contribution in [0.3, 0.4) is 0 Å². The largest absolute Gasteiger partial charge is 0.456 e. The van der Waals surface area contributed by atoms with Gasteiger partial charge in [0.2, 0.25) is 0 Å². The zero-order chi connectivity index (χ0) is 20.5. The van der Waals surface area contributed by atoms with Gasteiger partial charge in [0.1, 0.15) is 17.8 Å². The minimum absolute atomic E-state index is 0.789. The van der Waals surface area contributed by atoms with Gasteiger partial charge in [-0.25, -0.2) is 5.26 Å². The van der Waals surface area contributed by atoms with Crippen LogP contribution in [0.1, 0.15) is 11.1 Å². The number of nitrogens with zero attached hydrogens (tertiary/aromatic N) is 2. The van der Waals surface area contributed by atoms with Crippen LogP contribution in [0.15, 0.2) is 60.7 Å². The molecular formula is C24H24N2O3. The first kappa shape index (κ1) is 18.9. The molecule has 0 fully saturated rings. The van der Waals surface area contributed by atoms with E-state index in [2.05, 4.69) is 51.1 Å². The molecule has 0 atom stereocenters. The van der Waals surface area contributed by atoms with Crippen molar-refractivity contribution in [3.63, 3.8) is 0 Å². The molecule has 1 aliphatic heterocycles. The van der Waals surface area contributed by atoms with Gasteiger partial charge in [0.25, 0.3) is 0 Å². The zero-order valence-electron chi connectivity index (χ0n) is 17.0. The molecule has 148 valence electrons. The van der Waals surface area contributed by atoms with Gasteiger partial charge in [0.15, 0.2) is 0 Å². The van der Waals surface area contributed by atoms with Crippen molar-refractivity contribution in [3.8, 4) is 11.5 Å². The first-order valence-electron chi connectivity index (χ1n) is 9.40. The molecule has 4 rings (SSSR count). The number of hydrogen-bond donors (Lipinski definition) is 1. The highest BCUT2D eigenvalue weighted by Crippen LogP contribution is 2.44. The Labute approximate surface area is 170 Å². The summed E-state index contributed by atoms with van der Waals surface area (Å²) in [5, 5.41) is 10.8. The Balaban J connectivity index is 2.10. The van der Waals surface area contributed by atoms with E-state index < -0.39 is 0 Å². The monoisotopic (exact) mass is 388 g/mol. The van der Waals surface area contributed by atoms with Gasteiger partial charge >= 0.3 is 0 Å². The quantitative estimate of drug-likeness (QED) is 0.431. The van der Waals surface area contributed by atoms with Gasteiger partial charge < -0.3 is 19.4 Å². The second-order valence-electron chi connectivity index (χ2n) is 7.44. The number of benzene rings is 3. The summed E-state index contributed by atoms with van der Waals surface area (Å²) in [5.41, 5.74) is 5.17. The smallest absolute Gasteiger partial charge is 0.137 e. The maximum atomic E-state index is 9.03. The SMILES string of the molecule is CN(C)c1ccc2c(c1)Oc1cc(N(C)C)ccc1C2=c1cccc/c1=C/OO. The van der Waals surface area contributed by atoms with Crippen LogP contribution in [-0.2, 0) is 4.89 Å². The maximum absolute atomic E-state index is 9.03. The first-order chi connectivity index (χ1) is 14.0. The lowest BCUT2D eigenvalue weighted by molar-refractivity contribution is -0.162. The molecule has 0 amide bonds. The van der Waals surface area contributed by atoms with Crippen molar-refractivity contribution in [1.29, 1.82) is 0 Å². The fraction of sp³-hybridized carbons (Fsp3) is 0.167. The summed E-state index contributed by atoms with van der Waals surface area (Å²) >= 11 is 0. The molecule has 0 saturated carbocycles. The minimum Gasteiger partial charge on any atom is -0.456 e. The van der Waals surface area contributed by atoms with Crippen molar-refractivity contribution >= 4 is 23.2 Å². The van der Waals surface area contributed by atoms with E-state index in [0.29, 0.717) is 0 Å². The normalized spacial score (nSPS) is 12.7. The van der Waals surface area contributed by atoms with E-state index in [-0.39, 0.29) is 0 Å². The van der Waals surface area contributed by atoms with E-state index >= 15 is 0 Å². The predicted molar refractivity (Wildman–Crippen MR) is 117 cm³/mol. The van der Waals surface area contributed by atoms with Crippen molar-refractivity contribution in [1.82, 2.24) is 0 Å². The number of hydrogen-bond acceptors (Lipinski definition) is 5.